The lowest BCUT2D eigenvalue weighted by Crippen LogP contribution is -1.95. The van der Waals surface area contributed by atoms with E-state index in [1.807, 2.05) is 26.1 Å². The second-order valence-electron chi connectivity index (χ2n) is 3.59. The molecule has 0 fully saturated rings. The zero-order chi connectivity index (χ0) is 12.7. The van der Waals surface area contributed by atoms with Crippen LogP contribution in [0.15, 0.2) is 47.6 Å². The predicted octanol–water partition coefficient (Wildman–Crippen LogP) is 3.92. The minimum atomic E-state index is 0.583. The Morgan fingerprint density at radius 2 is 2.00 bits per heavy atom. The number of hydrogen-bond donors (Lipinski definition) is 1. The van der Waals surface area contributed by atoms with Crippen LogP contribution in [0.3, 0.4) is 0 Å². The Labute approximate surface area is 116 Å². The van der Waals surface area contributed by atoms with Crippen molar-refractivity contribution in [3.05, 3.63) is 53.7 Å². The van der Waals surface area contributed by atoms with Gasteiger partial charge in [0.15, 0.2) is 0 Å². The van der Waals surface area contributed by atoms with E-state index in [4.69, 9.17) is 5.73 Å². The van der Waals surface area contributed by atoms with Gasteiger partial charge in [0.05, 0.1) is 3.72 Å². The molecule has 3 heteroatoms. The molecular formula is C14H17IN2. The Morgan fingerprint density at radius 3 is 2.47 bits per heavy atom. The molecule has 0 heterocycles. The van der Waals surface area contributed by atoms with Gasteiger partial charge in [-0.05, 0) is 59.2 Å². The Bertz CT molecular complexity index is 438. The van der Waals surface area contributed by atoms with Crippen molar-refractivity contribution in [2.75, 3.05) is 0 Å². The van der Waals surface area contributed by atoms with Crippen LogP contribution in [0.5, 0.6) is 0 Å². The van der Waals surface area contributed by atoms with E-state index in [1.54, 1.807) is 0 Å². The molecule has 2 N–H and O–H groups in total. The fourth-order valence-corrected chi connectivity index (χ4v) is 1.57. The summed E-state index contributed by atoms with van der Waals surface area (Å²) in [5, 5.41) is 0. The molecule has 0 bridgehead atoms. The third-order valence-corrected chi connectivity index (χ3v) is 2.62. The van der Waals surface area contributed by atoms with Gasteiger partial charge in [-0.2, -0.15) is 0 Å². The zero-order valence-electron chi connectivity index (χ0n) is 10.2. The third kappa shape index (κ3) is 4.83. The van der Waals surface area contributed by atoms with Crippen molar-refractivity contribution in [3.8, 4) is 0 Å². The van der Waals surface area contributed by atoms with Crippen molar-refractivity contribution in [2.24, 2.45) is 10.7 Å². The average Bonchev–Trinajstić information content (AvgIpc) is 2.34. The first kappa shape index (κ1) is 14.1. The van der Waals surface area contributed by atoms with Gasteiger partial charge in [0.1, 0.15) is 0 Å². The topological polar surface area (TPSA) is 38.4 Å². The van der Waals surface area contributed by atoms with Gasteiger partial charge in [-0.25, -0.2) is 0 Å². The summed E-state index contributed by atoms with van der Waals surface area (Å²) in [6.07, 6.45) is 5.92. The molecule has 0 atom stereocenters. The lowest BCUT2D eigenvalue weighted by Gasteiger charge is -2.03. The Hall–Kier alpha value is -0.940. The van der Waals surface area contributed by atoms with Gasteiger partial charge >= 0.3 is 0 Å². The molecule has 0 radical (unpaired) electrons. The highest BCUT2D eigenvalue weighted by molar-refractivity contribution is 14.1. The molecule has 2 nitrogen and oxygen atoms in total. The summed E-state index contributed by atoms with van der Waals surface area (Å²) >= 11 is 2.19. The van der Waals surface area contributed by atoms with E-state index in [0.717, 1.165) is 14.9 Å². The molecule has 0 aliphatic carbocycles. The molecule has 1 aromatic carbocycles. The minimum Gasteiger partial charge on any atom is -0.326 e. The van der Waals surface area contributed by atoms with E-state index in [2.05, 4.69) is 57.9 Å². The van der Waals surface area contributed by atoms with E-state index >= 15 is 0 Å². The van der Waals surface area contributed by atoms with Gasteiger partial charge in [0.2, 0.25) is 0 Å². The fraction of sp³-hybridized carbons (Fsp3) is 0.214. The molecule has 0 aliphatic rings. The molecule has 17 heavy (non-hydrogen) atoms. The maximum atomic E-state index is 5.57. The molecule has 90 valence electrons. The second-order valence-corrected chi connectivity index (χ2v) is 5.15. The lowest BCUT2D eigenvalue weighted by molar-refractivity contribution is 1.07. The molecule has 0 amide bonds. The van der Waals surface area contributed by atoms with Crippen molar-refractivity contribution < 1.29 is 0 Å². The number of hydrogen-bond acceptors (Lipinski definition) is 2. The van der Waals surface area contributed by atoms with Crippen LogP contribution in [-0.4, -0.2) is 3.72 Å². The van der Waals surface area contributed by atoms with Crippen molar-refractivity contribution in [3.63, 3.8) is 0 Å². The average molecular weight is 340 g/mol. The standard InChI is InChI=1S/C14H17IN2/c1-3-13(8-9-17-11(2)15)14-6-4-12(10-16)5-7-14/h3-9H,10,16H2,1-2H3/b9-8-,13-3?,17-11+. The molecule has 0 unspecified atom stereocenters. The minimum absolute atomic E-state index is 0.583. The van der Waals surface area contributed by atoms with E-state index < -0.39 is 0 Å². The summed E-state index contributed by atoms with van der Waals surface area (Å²) in [5.41, 5.74) is 9.07. The number of nitrogens with two attached hydrogens (primary N) is 1. The van der Waals surface area contributed by atoms with Crippen molar-refractivity contribution in [1.82, 2.24) is 0 Å². The molecular weight excluding hydrogens is 323 g/mol. The van der Waals surface area contributed by atoms with Gasteiger partial charge in [0, 0.05) is 12.7 Å². The normalized spacial score (nSPS) is 13.4. The molecule has 0 aromatic heterocycles. The first-order valence-corrected chi connectivity index (χ1v) is 6.57. The molecule has 1 rings (SSSR count). The SMILES string of the molecule is CC=C(/C=C\N=C(/C)I)c1ccc(CN)cc1. The van der Waals surface area contributed by atoms with Crippen molar-refractivity contribution >= 4 is 31.9 Å². The van der Waals surface area contributed by atoms with Crippen LogP contribution in [-0.2, 0) is 6.54 Å². The van der Waals surface area contributed by atoms with E-state index in [1.165, 1.54) is 5.56 Å². The molecule has 0 saturated heterocycles. The predicted molar refractivity (Wildman–Crippen MR) is 84.3 cm³/mol. The summed E-state index contributed by atoms with van der Waals surface area (Å²) in [6.45, 7) is 4.58. The summed E-state index contributed by atoms with van der Waals surface area (Å²) in [7, 11) is 0. The summed E-state index contributed by atoms with van der Waals surface area (Å²) in [4.78, 5) is 4.23. The highest BCUT2D eigenvalue weighted by Gasteiger charge is 1.96. The van der Waals surface area contributed by atoms with Gasteiger partial charge in [0.25, 0.3) is 0 Å². The van der Waals surface area contributed by atoms with Crippen LogP contribution in [0.1, 0.15) is 25.0 Å². The zero-order valence-corrected chi connectivity index (χ0v) is 12.3. The van der Waals surface area contributed by atoms with Crippen LogP contribution in [0.2, 0.25) is 0 Å². The fourth-order valence-electron chi connectivity index (χ4n) is 1.41. The van der Waals surface area contributed by atoms with Crippen LogP contribution in [0, 0.1) is 0 Å². The number of allylic oxidation sites excluding steroid dienone is 3. The summed E-state index contributed by atoms with van der Waals surface area (Å²) in [5.74, 6) is 0. The highest BCUT2D eigenvalue weighted by atomic mass is 127. The molecule has 0 aliphatic heterocycles. The largest absolute Gasteiger partial charge is 0.326 e. The molecule has 1 aromatic rings. The summed E-state index contributed by atoms with van der Waals surface area (Å²) < 4.78 is 1.02. The second kappa shape index (κ2) is 7.40. The molecule has 0 saturated carbocycles. The van der Waals surface area contributed by atoms with Crippen LogP contribution in [0.4, 0.5) is 0 Å². The number of aliphatic imine (C=N–C) groups is 1. The van der Waals surface area contributed by atoms with E-state index in [0.29, 0.717) is 6.54 Å². The highest BCUT2D eigenvalue weighted by Crippen LogP contribution is 2.16. The van der Waals surface area contributed by atoms with Crippen LogP contribution >= 0.6 is 22.6 Å². The number of halogens is 1. The maximum Gasteiger partial charge on any atom is 0.0752 e. The maximum absolute atomic E-state index is 5.57. The van der Waals surface area contributed by atoms with Crippen LogP contribution in [0.25, 0.3) is 5.57 Å². The van der Waals surface area contributed by atoms with E-state index in [9.17, 15) is 0 Å². The summed E-state index contributed by atoms with van der Waals surface area (Å²) in [6, 6.07) is 8.28. The van der Waals surface area contributed by atoms with Crippen LogP contribution < -0.4 is 5.73 Å². The van der Waals surface area contributed by atoms with Gasteiger partial charge < -0.3 is 5.73 Å². The smallest absolute Gasteiger partial charge is 0.0752 e. The van der Waals surface area contributed by atoms with Gasteiger partial charge in [-0.1, -0.05) is 30.3 Å². The lowest BCUT2D eigenvalue weighted by atomic mass is 10.0. The Balaban J connectivity index is 2.87. The Kier molecular flexibility index (Phi) is 6.15. The van der Waals surface area contributed by atoms with E-state index in [-0.39, 0.29) is 0 Å². The van der Waals surface area contributed by atoms with Gasteiger partial charge in [-0.15, -0.1) is 0 Å². The third-order valence-electron chi connectivity index (χ3n) is 2.34. The quantitative estimate of drug-likeness (QED) is 0.504. The first-order valence-electron chi connectivity index (χ1n) is 5.49. The van der Waals surface area contributed by atoms with Crippen molar-refractivity contribution in [2.45, 2.75) is 20.4 Å². The number of nitrogens with zero attached hydrogens (tertiary/aromatic N) is 1. The monoisotopic (exact) mass is 340 g/mol. The van der Waals surface area contributed by atoms with Gasteiger partial charge in [-0.3, -0.25) is 4.99 Å². The first-order chi connectivity index (χ1) is 8.17. The Morgan fingerprint density at radius 1 is 1.35 bits per heavy atom. The number of rotatable bonds is 4. The number of benzene rings is 1. The van der Waals surface area contributed by atoms with Crippen molar-refractivity contribution in [1.29, 1.82) is 0 Å². The molecule has 0 spiro atoms.